The highest BCUT2D eigenvalue weighted by atomic mass is 16.5. The summed E-state index contributed by atoms with van der Waals surface area (Å²) in [5.74, 6) is 0.415. The van der Waals surface area contributed by atoms with E-state index < -0.39 is 6.09 Å². The van der Waals surface area contributed by atoms with Gasteiger partial charge in [-0.25, -0.2) is 14.8 Å². The summed E-state index contributed by atoms with van der Waals surface area (Å²) in [5, 5.41) is 14.1. The van der Waals surface area contributed by atoms with Gasteiger partial charge in [0.15, 0.2) is 5.82 Å². The number of carbonyl (C=O) groups is 1. The molecule has 8 heteroatoms. The van der Waals surface area contributed by atoms with Crippen molar-refractivity contribution in [3.05, 3.63) is 11.3 Å². The van der Waals surface area contributed by atoms with Crippen LogP contribution in [-0.2, 0) is 4.74 Å². The number of hydrogen-bond acceptors (Lipinski definition) is 6. The molecule has 19 heavy (non-hydrogen) atoms. The van der Waals surface area contributed by atoms with Crippen molar-refractivity contribution in [1.29, 1.82) is 0 Å². The third-order valence-corrected chi connectivity index (χ3v) is 2.86. The predicted octanol–water partition coefficient (Wildman–Crippen LogP) is 0.466. The molecule has 2 rings (SSSR count). The molecule has 2 heterocycles. The van der Waals surface area contributed by atoms with Crippen LogP contribution in [0.3, 0.4) is 0 Å². The van der Waals surface area contributed by atoms with Gasteiger partial charge in [-0.1, -0.05) is 4.98 Å². The fourth-order valence-electron chi connectivity index (χ4n) is 1.97. The zero-order valence-electron chi connectivity index (χ0n) is 10.8. The first-order valence-corrected chi connectivity index (χ1v) is 6.20. The topological polar surface area (TPSA) is 107 Å². The number of anilines is 3. The maximum absolute atomic E-state index is 11.7. The number of rotatable bonds is 3. The molecule has 0 aliphatic carbocycles. The van der Waals surface area contributed by atoms with Gasteiger partial charge >= 0.3 is 12.0 Å². The van der Waals surface area contributed by atoms with E-state index in [2.05, 4.69) is 10.3 Å². The Hall–Kier alpha value is -2.25. The first kappa shape index (κ1) is 13.2. The molecule has 1 aliphatic rings. The van der Waals surface area contributed by atoms with Gasteiger partial charge in [0.05, 0.1) is 12.7 Å². The number of nitrogens with two attached hydrogens (primary N) is 1. The Morgan fingerprint density at radius 2 is 2.32 bits per heavy atom. The first-order valence-electron chi connectivity index (χ1n) is 6.20. The lowest BCUT2D eigenvalue weighted by Gasteiger charge is -2.18. The van der Waals surface area contributed by atoms with Crippen LogP contribution in [0.2, 0.25) is 0 Å². The monoisotopic (exact) mass is 267 g/mol. The summed E-state index contributed by atoms with van der Waals surface area (Å²) in [7, 11) is 0. The molecule has 1 amide bonds. The largest absolute Gasteiger partial charge is 0.754 e. The van der Waals surface area contributed by atoms with Crippen LogP contribution in [0.15, 0.2) is 6.07 Å². The van der Waals surface area contributed by atoms with E-state index in [4.69, 9.17) is 10.5 Å². The van der Waals surface area contributed by atoms with Gasteiger partial charge in [0, 0.05) is 13.1 Å². The molecule has 8 nitrogen and oxygen atoms in total. The summed E-state index contributed by atoms with van der Waals surface area (Å²) in [6.07, 6.45) is 1.47. The summed E-state index contributed by atoms with van der Waals surface area (Å²) < 4.78 is 5.10. The molecule has 1 aromatic heterocycles. The minimum atomic E-state index is -0.690. The van der Waals surface area contributed by atoms with Gasteiger partial charge < -0.3 is 20.6 Å². The minimum Gasteiger partial charge on any atom is -0.754 e. The Morgan fingerprint density at radius 3 is 2.95 bits per heavy atom. The average molecular weight is 267 g/mol. The molecular weight excluding hydrogens is 250 g/mol. The molecule has 0 unspecified atom stereocenters. The molecule has 0 atom stereocenters. The van der Waals surface area contributed by atoms with Crippen LogP contribution in [-0.4, -0.2) is 30.8 Å². The standard InChI is InChI=1S/C11H17N5O3/c1-2-19-11(17)14-9-7-8(13-10(12)16(9)18)15-5-3-4-6-15/h7H,2-6H2,1H3,(H2,12,13)(H,14,17). The molecule has 104 valence electrons. The van der Waals surface area contributed by atoms with Crippen molar-refractivity contribution in [2.45, 2.75) is 19.8 Å². The van der Waals surface area contributed by atoms with E-state index in [-0.39, 0.29) is 18.4 Å². The fourth-order valence-corrected chi connectivity index (χ4v) is 1.97. The van der Waals surface area contributed by atoms with Crippen molar-refractivity contribution in [3.63, 3.8) is 0 Å². The molecule has 0 bridgehead atoms. The van der Waals surface area contributed by atoms with Crippen LogP contribution >= 0.6 is 0 Å². The van der Waals surface area contributed by atoms with Crippen LogP contribution in [0.4, 0.5) is 22.4 Å². The summed E-state index contributed by atoms with van der Waals surface area (Å²) in [6, 6.07) is 1.51. The van der Waals surface area contributed by atoms with E-state index in [1.165, 1.54) is 6.07 Å². The van der Waals surface area contributed by atoms with Crippen molar-refractivity contribution >= 4 is 23.7 Å². The number of aromatic nitrogens is 2. The highest BCUT2D eigenvalue weighted by molar-refractivity contribution is 5.83. The quantitative estimate of drug-likeness (QED) is 0.608. The second-order valence-corrected chi connectivity index (χ2v) is 4.19. The molecule has 3 N–H and O–H groups in total. The van der Waals surface area contributed by atoms with Crippen molar-refractivity contribution in [1.82, 2.24) is 4.98 Å². The maximum Gasteiger partial charge on any atom is 0.458 e. The van der Waals surface area contributed by atoms with Crippen LogP contribution in [0.25, 0.3) is 0 Å². The Bertz CT molecular complexity index is 474. The molecule has 0 spiro atoms. The number of ether oxygens (including phenoxy) is 1. The normalized spacial score (nSPS) is 14.5. The first-order chi connectivity index (χ1) is 9.11. The molecule has 1 saturated heterocycles. The summed E-state index contributed by atoms with van der Waals surface area (Å²) in [5.41, 5.74) is 5.56. The number of nitrogens with zero attached hydrogens (tertiary/aromatic N) is 3. The van der Waals surface area contributed by atoms with Crippen molar-refractivity contribution in [3.8, 4) is 0 Å². The summed E-state index contributed by atoms with van der Waals surface area (Å²) in [4.78, 5) is 17.4. The number of hydrogen-bond donors (Lipinski definition) is 2. The molecular formula is C11H17N5O3. The number of nitrogens with one attached hydrogen (secondary N) is 1. The SMILES string of the molecule is CCOC(=O)Nc1cc(N2CCCC2)nc(N)[n+]1[O-]. The van der Waals surface area contributed by atoms with Gasteiger partial charge in [-0.3, -0.25) is 0 Å². The number of carbonyl (C=O) groups excluding carboxylic acids is 1. The van der Waals surface area contributed by atoms with E-state index in [9.17, 15) is 10.0 Å². The zero-order chi connectivity index (χ0) is 13.8. The van der Waals surface area contributed by atoms with Gasteiger partial charge in [0.2, 0.25) is 5.82 Å². The van der Waals surface area contributed by atoms with Crippen LogP contribution < -0.4 is 20.7 Å². The van der Waals surface area contributed by atoms with Crippen molar-refractivity contribution in [2.24, 2.45) is 0 Å². The lowest BCUT2D eigenvalue weighted by molar-refractivity contribution is -0.577. The zero-order valence-corrected chi connectivity index (χ0v) is 10.8. The van der Waals surface area contributed by atoms with Crippen LogP contribution in [0.1, 0.15) is 19.8 Å². The van der Waals surface area contributed by atoms with Gasteiger partial charge in [-0.05, 0) is 19.8 Å². The second kappa shape index (κ2) is 5.59. The molecule has 0 radical (unpaired) electrons. The van der Waals surface area contributed by atoms with E-state index in [0.717, 1.165) is 25.9 Å². The Labute approximate surface area is 110 Å². The highest BCUT2D eigenvalue weighted by Crippen LogP contribution is 2.20. The molecule has 1 fully saturated rings. The minimum absolute atomic E-state index is 0.0212. The van der Waals surface area contributed by atoms with Crippen LogP contribution in [0, 0.1) is 5.21 Å². The Kier molecular flexibility index (Phi) is 3.88. The van der Waals surface area contributed by atoms with Gasteiger partial charge in [0.1, 0.15) is 0 Å². The summed E-state index contributed by atoms with van der Waals surface area (Å²) in [6.45, 7) is 3.65. The predicted molar refractivity (Wildman–Crippen MR) is 69.7 cm³/mol. The molecule has 1 aromatic rings. The van der Waals surface area contributed by atoms with Crippen molar-refractivity contribution < 1.29 is 14.3 Å². The lowest BCUT2D eigenvalue weighted by atomic mass is 10.4. The van der Waals surface area contributed by atoms with Gasteiger partial charge in [-0.15, -0.1) is 0 Å². The Morgan fingerprint density at radius 1 is 1.63 bits per heavy atom. The second-order valence-electron chi connectivity index (χ2n) is 4.19. The average Bonchev–Trinajstić information content (AvgIpc) is 2.88. The third kappa shape index (κ3) is 2.95. The van der Waals surface area contributed by atoms with Gasteiger partial charge in [0.25, 0.3) is 0 Å². The maximum atomic E-state index is 11.7. The molecule has 0 aromatic carbocycles. The van der Waals surface area contributed by atoms with E-state index in [1.54, 1.807) is 6.92 Å². The van der Waals surface area contributed by atoms with Gasteiger partial charge in [-0.2, -0.15) is 0 Å². The van der Waals surface area contributed by atoms with E-state index >= 15 is 0 Å². The van der Waals surface area contributed by atoms with E-state index in [0.29, 0.717) is 10.5 Å². The van der Waals surface area contributed by atoms with Crippen molar-refractivity contribution in [2.75, 3.05) is 35.6 Å². The molecule has 1 aliphatic heterocycles. The smallest absolute Gasteiger partial charge is 0.458 e. The number of nitrogen functional groups attached to an aromatic ring is 1. The lowest BCUT2D eigenvalue weighted by Crippen LogP contribution is -2.38. The Balaban J connectivity index is 2.23. The number of amides is 1. The highest BCUT2D eigenvalue weighted by Gasteiger charge is 2.20. The molecule has 0 saturated carbocycles. The fraction of sp³-hybridized carbons (Fsp3) is 0.545. The summed E-state index contributed by atoms with van der Waals surface area (Å²) >= 11 is 0. The third-order valence-electron chi connectivity index (χ3n) is 2.86. The van der Waals surface area contributed by atoms with Crippen LogP contribution in [0.5, 0.6) is 0 Å². The van der Waals surface area contributed by atoms with E-state index in [1.807, 2.05) is 4.90 Å².